The third-order valence-electron chi connectivity index (χ3n) is 23.6. The van der Waals surface area contributed by atoms with Crippen molar-refractivity contribution in [3.8, 4) is 62.9 Å². The van der Waals surface area contributed by atoms with E-state index in [0.717, 1.165) is 50.3 Å². The van der Waals surface area contributed by atoms with Gasteiger partial charge in [0.25, 0.3) is 0 Å². The van der Waals surface area contributed by atoms with Crippen molar-refractivity contribution in [2.24, 2.45) is 35.3 Å². The first-order valence-electron chi connectivity index (χ1n) is 40.1. The van der Waals surface area contributed by atoms with Crippen LogP contribution in [0.1, 0.15) is 138 Å². The highest BCUT2D eigenvalue weighted by molar-refractivity contribution is 6.32. The lowest BCUT2D eigenvalue weighted by molar-refractivity contribution is -0.277. The minimum atomic E-state index is -2.97. The first kappa shape index (κ1) is 86.0. The summed E-state index contributed by atoms with van der Waals surface area (Å²) in [5, 5.41) is 134. The topological polar surface area (TPSA) is 530 Å². The van der Waals surface area contributed by atoms with Crippen molar-refractivity contribution in [3.05, 3.63) is 147 Å². The molecular formula is C84H100ClN11O24. The Morgan fingerprint density at radius 1 is 0.625 bits per heavy atom. The standard InChI is InChI=1S/C84H100ClN11O24/c1-36(2)20-53(89-5)76(105)95-68-70(101)41-9-13-56(52(85)27-41)118-60-31-45-30-59(75(60)120-83-73(104)72(103)71(102)61(35-97)119-83)117-47-10-6-39(7-11-47)69(100)67-82(111)94-66(80(109)91-63-43-22-37-21-38(24-43)25-44(63)23-37)49-32-46(98)33-51-62(49)48-26-40(8-12-50(48)84(51,112)113)64(78(107)96-67)93-79(108)65(45)92-77(106)54(90-81(68)110)34-55(99)42-28-57(114-18-15-87-3)74(116-17-14-86)58(29-42)115-19-16-88-4/h6-13,26-33,36-38,43-44,53-54,61,63-73,83,87-89,97-98,100-104,112-113H,14-25,34-35,86H2,1-5H3,(H,90,110)(H,91,109)(H,92,106)(H,93,108)(H,94,111)(H,95,105)(H,96,107)/t37?,38?,43?,44?,53-,54+,61-,63?,64-,65-,66+,67+,68-,69-,70-,71-,72+,73-,83+/m1/s1. The third-order valence-corrected chi connectivity index (χ3v) is 23.9. The molecule has 6 heterocycles. The molecule has 1 saturated heterocycles. The summed E-state index contributed by atoms with van der Waals surface area (Å²) in [5.74, 6) is -13.7. The van der Waals surface area contributed by atoms with E-state index in [4.69, 9.17) is 50.5 Å². The van der Waals surface area contributed by atoms with Gasteiger partial charge in [-0.05, 0) is 195 Å². The molecule has 7 amide bonds. The summed E-state index contributed by atoms with van der Waals surface area (Å²) in [6, 6.07) is 5.57. The molecule has 6 aromatic rings. The number of hydrogen-bond acceptors (Lipinski definition) is 28. The van der Waals surface area contributed by atoms with Gasteiger partial charge in [-0.2, -0.15) is 0 Å². The van der Waals surface area contributed by atoms with Crippen molar-refractivity contribution in [1.82, 2.24) is 53.2 Å². The highest BCUT2D eigenvalue weighted by atomic mass is 35.5. The number of fused-ring (bicyclic) bond motifs is 12. The van der Waals surface area contributed by atoms with Crippen LogP contribution in [0.2, 0.25) is 5.02 Å². The van der Waals surface area contributed by atoms with E-state index in [0.29, 0.717) is 24.9 Å². The number of ether oxygens (including phenoxy) is 7. The quantitative estimate of drug-likeness (QED) is 0.0229. The Labute approximate surface area is 694 Å². The molecule has 6 aliphatic heterocycles. The zero-order valence-electron chi connectivity index (χ0n) is 66.3. The van der Waals surface area contributed by atoms with Gasteiger partial charge in [0.1, 0.15) is 110 Å². The van der Waals surface area contributed by atoms with Crippen LogP contribution in [0.3, 0.4) is 0 Å². The Balaban J connectivity index is 0.967. The number of aromatic hydroxyl groups is 1. The predicted octanol–water partition coefficient (Wildman–Crippen LogP) is 1.09. The van der Waals surface area contributed by atoms with Crippen LogP contribution < -0.4 is 87.3 Å². The number of carbonyl (C=O) groups excluding carboxylic acids is 8. The normalized spacial score (nSPS) is 27.9. The average Bonchev–Trinajstić information content (AvgIpc) is 1.48. The smallest absolute Gasteiger partial charge is 0.248 e. The van der Waals surface area contributed by atoms with E-state index in [9.17, 15) is 50.8 Å². The van der Waals surface area contributed by atoms with E-state index in [2.05, 4.69) is 53.2 Å². The number of aliphatic hydroxyl groups is 8. The third kappa shape index (κ3) is 17.6. The number of phenolic OH excluding ortho intramolecular Hbond substituents is 1. The summed E-state index contributed by atoms with van der Waals surface area (Å²) in [7, 11) is 4.85. The summed E-state index contributed by atoms with van der Waals surface area (Å²) >= 11 is 7.17. The minimum Gasteiger partial charge on any atom is -0.508 e. The number of phenols is 1. The molecule has 17 rings (SSSR count). The molecule has 0 radical (unpaired) electrons. The second-order valence-electron chi connectivity index (χ2n) is 32.2. The van der Waals surface area contributed by atoms with E-state index < -0.39 is 180 Å². The van der Waals surface area contributed by atoms with Crippen molar-refractivity contribution in [2.75, 3.05) is 67.2 Å². The number of Topliss-reactive ketones (excluding diaryl/α,β-unsaturated/α-hetero) is 1. The molecule has 21 N–H and O–H groups in total. The Hall–Kier alpha value is -10.3. The summed E-state index contributed by atoms with van der Waals surface area (Å²) in [6.07, 6.45) is -10.3. The summed E-state index contributed by atoms with van der Waals surface area (Å²) < 4.78 is 44.1. The van der Waals surface area contributed by atoms with Crippen LogP contribution in [0.15, 0.2) is 97.1 Å². The zero-order chi connectivity index (χ0) is 85.4. The van der Waals surface area contributed by atoms with Crippen molar-refractivity contribution in [3.63, 3.8) is 0 Å². The van der Waals surface area contributed by atoms with Gasteiger partial charge in [-0.1, -0.05) is 55.8 Å². The molecule has 0 unspecified atom stereocenters. The number of likely N-dealkylation sites (N-methyl/N-ethyl adjacent to an activating group) is 3. The van der Waals surface area contributed by atoms with Crippen molar-refractivity contribution < 1.29 is 117 Å². The molecule has 4 saturated carbocycles. The first-order valence-corrected chi connectivity index (χ1v) is 40.5. The Bertz CT molecular complexity index is 4840. The number of nitrogens with two attached hydrogens (primary N) is 1. The van der Waals surface area contributed by atoms with Gasteiger partial charge in [-0.25, -0.2) is 0 Å². The number of aliphatic hydroxyl groups excluding tert-OH is 6. The molecule has 0 aromatic heterocycles. The monoisotopic (exact) mass is 1680 g/mol. The average molecular weight is 1680 g/mol. The van der Waals surface area contributed by atoms with E-state index in [1.165, 1.54) is 85.9 Å². The van der Waals surface area contributed by atoms with Crippen molar-refractivity contribution in [1.29, 1.82) is 0 Å². The summed E-state index contributed by atoms with van der Waals surface area (Å²) in [5.41, 5.74) is 3.94. The number of nitrogens with one attached hydrogen (secondary N) is 10. The molecule has 5 aliphatic carbocycles. The van der Waals surface area contributed by atoms with Crippen molar-refractivity contribution >= 4 is 58.7 Å². The Morgan fingerprint density at radius 2 is 1.26 bits per heavy atom. The maximum atomic E-state index is 16.7. The largest absolute Gasteiger partial charge is 0.508 e. The van der Waals surface area contributed by atoms with Crippen LogP contribution in [0.5, 0.6) is 51.7 Å². The molecule has 15 bridgehead atoms. The molecule has 11 aliphatic rings. The highest BCUT2D eigenvalue weighted by Crippen LogP contribution is 2.56. The molecule has 14 atom stereocenters. The first-order chi connectivity index (χ1) is 57.5. The number of ketones is 1. The van der Waals surface area contributed by atoms with E-state index in [1.807, 2.05) is 13.8 Å². The molecule has 36 heteroatoms. The predicted molar refractivity (Wildman–Crippen MR) is 426 cm³/mol. The number of amides is 7. The molecule has 35 nitrogen and oxygen atoms in total. The van der Waals surface area contributed by atoms with E-state index in [-0.39, 0.29) is 140 Å². The lowest BCUT2D eigenvalue weighted by Gasteiger charge is -2.54. The van der Waals surface area contributed by atoms with Gasteiger partial charge in [0.05, 0.1) is 17.7 Å². The number of benzene rings is 6. The van der Waals surface area contributed by atoms with Crippen molar-refractivity contribution in [2.45, 2.75) is 156 Å². The fraction of sp³-hybridized carbons (Fsp3) is 0.476. The second-order valence-corrected chi connectivity index (χ2v) is 32.6. The molecule has 642 valence electrons. The van der Waals surface area contributed by atoms with Crippen LogP contribution in [-0.2, 0) is 44.1 Å². The molecule has 0 spiro atoms. The van der Waals surface area contributed by atoms with Crippen LogP contribution in [0.25, 0.3) is 11.1 Å². The fourth-order valence-electron chi connectivity index (χ4n) is 17.8. The van der Waals surface area contributed by atoms with E-state index >= 15 is 33.6 Å². The van der Waals surface area contributed by atoms with Crippen LogP contribution in [0, 0.1) is 29.6 Å². The number of carbonyl (C=O) groups is 8. The number of hydrogen-bond donors (Lipinski definition) is 20. The lowest BCUT2D eigenvalue weighted by Crippen LogP contribution is -2.60. The van der Waals surface area contributed by atoms with Gasteiger partial charge in [-0.15, -0.1) is 0 Å². The summed E-state index contributed by atoms with van der Waals surface area (Å²) in [6.45, 7) is 3.34. The molecule has 120 heavy (non-hydrogen) atoms. The molecule has 5 fully saturated rings. The van der Waals surface area contributed by atoms with Crippen LogP contribution >= 0.6 is 11.6 Å². The van der Waals surface area contributed by atoms with Gasteiger partial charge in [0, 0.05) is 48.8 Å². The maximum absolute atomic E-state index is 16.7. The van der Waals surface area contributed by atoms with Gasteiger partial charge in [-0.3, -0.25) is 38.4 Å². The van der Waals surface area contributed by atoms with Crippen LogP contribution in [0.4, 0.5) is 0 Å². The molecular weight excluding hydrogens is 1580 g/mol. The number of rotatable bonds is 24. The highest BCUT2D eigenvalue weighted by Gasteiger charge is 2.52. The van der Waals surface area contributed by atoms with Crippen LogP contribution in [-0.4, -0.2) is 221 Å². The SMILES string of the molecule is CNCCOc1cc(C(=O)C[C@@H]2NC(=O)[C@H](NC(=O)[C@@H](CC(C)C)NC)[C@H](O)c3ccc(c(Cl)c3)Oc3cc4cc(c3O[C@@H]3O[C@H](CO)[C@@H](O)[C@H](O)[C@H]3O)Oc3ccc(cc3)[C@@H](O)[C@@H]3NC(=O)[C@H](NC(=O)[C@@H]4NC2=O)c2ccc4c(c2)-c2c(cc(O)cc2C4(O)O)[C@@H](C(=O)NC2C4CC5CC(C4)CC2C5)NC3=O)cc(OCCNC)c1OCCN. The molecule has 6 aromatic carbocycles. The van der Waals surface area contributed by atoms with Gasteiger partial charge in [0.15, 0.2) is 28.8 Å². The fourth-order valence-corrected chi connectivity index (χ4v) is 18.0. The van der Waals surface area contributed by atoms with E-state index in [1.54, 1.807) is 14.1 Å². The lowest BCUT2D eigenvalue weighted by atomic mass is 9.54. The Kier molecular flexibility index (Phi) is 25.9. The second kappa shape index (κ2) is 36.1. The minimum absolute atomic E-state index is 0.0102. The summed E-state index contributed by atoms with van der Waals surface area (Å²) in [4.78, 5) is 126. The Morgan fingerprint density at radius 3 is 1.89 bits per heavy atom. The zero-order valence-corrected chi connectivity index (χ0v) is 67.0. The van der Waals surface area contributed by atoms with Gasteiger partial charge < -0.3 is 138 Å². The number of halogens is 1. The van der Waals surface area contributed by atoms with Gasteiger partial charge >= 0.3 is 0 Å². The van der Waals surface area contributed by atoms with Gasteiger partial charge in [0.2, 0.25) is 64.9 Å². The maximum Gasteiger partial charge on any atom is 0.248 e.